The maximum atomic E-state index is 12.4. The predicted molar refractivity (Wildman–Crippen MR) is 127 cm³/mol. The summed E-state index contributed by atoms with van der Waals surface area (Å²) in [6, 6.07) is 22.3. The Morgan fingerprint density at radius 2 is 1.50 bits per heavy atom. The van der Waals surface area contributed by atoms with Gasteiger partial charge in [0.1, 0.15) is 13.2 Å². The lowest BCUT2D eigenvalue weighted by molar-refractivity contribution is -0.138. The van der Waals surface area contributed by atoms with Crippen molar-refractivity contribution in [2.75, 3.05) is 18.5 Å². The number of carbonyl (C=O) groups excluding carboxylic acids is 2. The molecule has 0 radical (unpaired) electrons. The van der Waals surface area contributed by atoms with E-state index in [0.717, 1.165) is 27.8 Å². The van der Waals surface area contributed by atoms with Crippen LogP contribution < -0.4 is 16.4 Å². The molecule has 0 aliphatic heterocycles. The highest BCUT2D eigenvalue weighted by Crippen LogP contribution is 2.44. The van der Waals surface area contributed by atoms with E-state index in [0.29, 0.717) is 5.69 Å². The van der Waals surface area contributed by atoms with Gasteiger partial charge in [-0.15, -0.1) is 0 Å². The van der Waals surface area contributed by atoms with E-state index in [4.69, 9.17) is 15.6 Å². The van der Waals surface area contributed by atoms with E-state index in [1.54, 1.807) is 24.3 Å². The van der Waals surface area contributed by atoms with E-state index < -0.39 is 30.6 Å². The van der Waals surface area contributed by atoms with E-state index >= 15 is 0 Å². The minimum atomic E-state index is -1.13. The molecule has 0 bridgehead atoms. The molecule has 1 aliphatic carbocycles. The number of ether oxygens (including phenoxy) is 1. The zero-order chi connectivity index (χ0) is 24.1. The van der Waals surface area contributed by atoms with Crippen LogP contribution in [0.2, 0.25) is 0 Å². The topological polar surface area (TPSA) is 131 Å². The number of nitrogens with one attached hydrogen (secondary N) is 2. The molecule has 1 aliphatic rings. The zero-order valence-corrected chi connectivity index (χ0v) is 18.4. The number of aliphatic carboxylic acids is 1. The molecule has 8 nitrogen and oxygen atoms in total. The summed E-state index contributed by atoms with van der Waals surface area (Å²) < 4.78 is 5.55. The van der Waals surface area contributed by atoms with Gasteiger partial charge in [0.15, 0.2) is 0 Å². The first-order valence-corrected chi connectivity index (χ1v) is 10.9. The van der Waals surface area contributed by atoms with E-state index in [-0.39, 0.29) is 18.9 Å². The fourth-order valence-corrected chi connectivity index (χ4v) is 4.12. The van der Waals surface area contributed by atoms with Crippen molar-refractivity contribution in [3.05, 3.63) is 89.5 Å². The maximum absolute atomic E-state index is 12.4. The molecule has 0 spiro atoms. The van der Waals surface area contributed by atoms with Crippen LogP contribution in [0, 0.1) is 0 Å². The second-order valence-corrected chi connectivity index (χ2v) is 8.07. The summed E-state index contributed by atoms with van der Waals surface area (Å²) >= 11 is 0. The molecular weight excluding hydrogens is 434 g/mol. The largest absolute Gasteiger partial charge is 0.480 e. The molecule has 0 saturated carbocycles. The fourth-order valence-electron chi connectivity index (χ4n) is 4.12. The van der Waals surface area contributed by atoms with Crippen LogP contribution in [-0.4, -0.2) is 42.3 Å². The molecule has 1 atom stereocenters. The Morgan fingerprint density at radius 1 is 0.912 bits per heavy atom. The summed E-state index contributed by atoms with van der Waals surface area (Å²) in [5.74, 6) is -1.69. The van der Waals surface area contributed by atoms with Crippen molar-refractivity contribution in [3.63, 3.8) is 0 Å². The van der Waals surface area contributed by atoms with Gasteiger partial charge < -0.3 is 20.9 Å². The van der Waals surface area contributed by atoms with Crippen LogP contribution in [0.1, 0.15) is 22.6 Å². The molecule has 5 N–H and O–H groups in total. The van der Waals surface area contributed by atoms with Crippen molar-refractivity contribution in [1.29, 1.82) is 0 Å². The van der Waals surface area contributed by atoms with Gasteiger partial charge in [-0.3, -0.25) is 14.9 Å². The molecule has 174 valence electrons. The van der Waals surface area contributed by atoms with Gasteiger partial charge in [-0.1, -0.05) is 60.7 Å². The van der Waals surface area contributed by atoms with Gasteiger partial charge in [0.2, 0.25) is 5.91 Å². The van der Waals surface area contributed by atoms with Crippen LogP contribution >= 0.6 is 0 Å². The molecular formula is C26H25N3O5. The summed E-state index contributed by atoms with van der Waals surface area (Å²) in [5.41, 5.74) is 11.8. The highest BCUT2D eigenvalue weighted by molar-refractivity contribution is 5.86. The Balaban J connectivity index is 1.31. The third-order valence-electron chi connectivity index (χ3n) is 5.75. The van der Waals surface area contributed by atoms with Gasteiger partial charge in [-0.25, -0.2) is 4.79 Å². The van der Waals surface area contributed by atoms with Crippen LogP contribution in [0.3, 0.4) is 0 Å². The van der Waals surface area contributed by atoms with E-state index in [1.807, 2.05) is 24.3 Å². The summed E-state index contributed by atoms with van der Waals surface area (Å²) in [6.07, 6.45) is -0.323. The van der Waals surface area contributed by atoms with Crippen molar-refractivity contribution in [3.8, 4) is 11.1 Å². The number of amides is 2. The van der Waals surface area contributed by atoms with Gasteiger partial charge >= 0.3 is 12.1 Å². The molecule has 2 amide bonds. The number of fused-ring (bicyclic) bond motifs is 3. The fraction of sp³-hybridized carbons (Fsp3) is 0.192. The zero-order valence-electron chi connectivity index (χ0n) is 18.4. The van der Waals surface area contributed by atoms with Gasteiger partial charge in [0.05, 0.1) is 6.04 Å². The van der Waals surface area contributed by atoms with Crippen molar-refractivity contribution in [1.82, 2.24) is 5.32 Å². The van der Waals surface area contributed by atoms with Crippen molar-refractivity contribution in [2.45, 2.75) is 18.4 Å². The second kappa shape index (κ2) is 10.2. The average Bonchev–Trinajstić information content (AvgIpc) is 3.16. The third-order valence-corrected chi connectivity index (χ3v) is 5.75. The number of anilines is 1. The number of carbonyl (C=O) groups is 3. The summed E-state index contributed by atoms with van der Waals surface area (Å²) in [6.45, 7) is -0.256. The molecule has 8 heteroatoms. The van der Waals surface area contributed by atoms with Crippen LogP contribution in [-0.2, 0) is 20.7 Å². The van der Waals surface area contributed by atoms with E-state index in [1.165, 1.54) is 0 Å². The van der Waals surface area contributed by atoms with Crippen molar-refractivity contribution >= 4 is 23.7 Å². The lowest BCUT2D eigenvalue weighted by atomic mass is 9.98. The first kappa shape index (κ1) is 23.0. The molecule has 3 aromatic rings. The van der Waals surface area contributed by atoms with Crippen LogP contribution in [0.4, 0.5) is 10.5 Å². The smallest absolute Gasteiger partial charge is 0.411 e. The quantitative estimate of drug-likeness (QED) is 0.409. The highest BCUT2D eigenvalue weighted by Gasteiger charge is 2.29. The average molecular weight is 460 g/mol. The maximum Gasteiger partial charge on any atom is 0.411 e. The number of carboxylic acids is 1. The van der Waals surface area contributed by atoms with E-state index in [9.17, 15) is 14.4 Å². The first-order chi connectivity index (χ1) is 16.4. The standard InChI is InChI=1S/C26H25N3O5/c27-23(25(32)28-14-24(30)31)13-16-9-11-17(12-10-16)29-26(33)34-15-22-20-7-3-1-5-18(20)19-6-2-4-8-21(19)22/h1-12,22-23H,13-15,27H2,(H,28,32)(H,29,33)(H,30,31). The number of carboxylic acid groups (broad SMARTS) is 1. The summed E-state index contributed by atoms with van der Waals surface area (Å²) in [5, 5.41) is 13.6. The predicted octanol–water partition coefficient (Wildman–Crippen LogP) is 3.12. The van der Waals surface area contributed by atoms with E-state index in [2.05, 4.69) is 34.9 Å². The Kier molecular flexibility index (Phi) is 6.89. The van der Waals surface area contributed by atoms with Crippen LogP contribution in [0.15, 0.2) is 72.8 Å². The number of nitrogens with two attached hydrogens (primary N) is 1. The Labute approximate surface area is 196 Å². The summed E-state index contributed by atoms with van der Waals surface area (Å²) in [7, 11) is 0. The monoisotopic (exact) mass is 459 g/mol. The Bertz CT molecular complexity index is 1160. The minimum absolute atomic E-state index is 0.0192. The number of hydrogen-bond acceptors (Lipinski definition) is 5. The third kappa shape index (κ3) is 5.24. The normalized spacial score (nSPS) is 12.9. The number of rotatable bonds is 8. The van der Waals surface area contributed by atoms with Crippen LogP contribution in [0.25, 0.3) is 11.1 Å². The SMILES string of the molecule is NC(Cc1ccc(NC(=O)OCC2c3ccccc3-c3ccccc32)cc1)C(=O)NCC(=O)O. The van der Waals surface area contributed by atoms with Gasteiger partial charge in [-0.2, -0.15) is 0 Å². The van der Waals surface area contributed by atoms with Crippen molar-refractivity contribution in [2.24, 2.45) is 5.73 Å². The molecule has 0 fully saturated rings. The molecule has 0 aromatic heterocycles. The molecule has 0 saturated heterocycles. The lowest BCUT2D eigenvalue weighted by Gasteiger charge is -2.15. The molecule has 4 rings (SSSR count). The molecule has 34 heavy (non-hydrogen) atoms. The second-order valence-electron chi connectivity index (χ2n) is 8.07. The number of benzene rings is 3. The highest BCUT2D eigenvalue weighted by atomic mass is 16.5. The van der Waals surface area contributed by atoms with Gasteiger partial charge in [-0.05, 0) is 46.4 Å². The Hall–Kier alpha value is -4.17. The Morgan fingerprint density at radius 3 is 2.09 bits per heavy atom. The molecule has 3 aromatic carbocycles. The summed E-state index contributed by atoms with van der Waals surface area (Å²) in [4.78, 5) is 34.8. The minimum Gasteiger partial charge on any atom is -0.480 e. The molecule has 0 heterocycles. The van der Waals surface area contributed by atoms with Gasteiger partial charge in [0.25, 0.3) is 0 Å². The van der Waals surface area contributed by atoms with Crippen LogP contribution in [0.5, 0.6) is 0 Å². The number of hydrogen-bond donors (Lipinski definition) is 4. The lowest BCUT2D eigenvalue weighted by Crippen LogP contribution is -2.43. The first-order valence-electron chi connectivity index (χ1n) is 10.9. The van der Waals surface area contributed by atoms with Crippen molar-refractivity contribution < 1.29 is 24.2 Å². The molecule has 1 unspecified atom stereocenters. The van der Waals surface area contributed by atoms with Gasteiger partial charge in [0, 0.05) is 11.6 Å².